The lowest BCUT2D eigenvalue weighted by Gasteiger charge is -2.45. The molecule has 1 aromatic rings. The molecule has 0 saturated heterocycles. The number of halogens is 1. The van der Waals surface area contributed by atoms with Crippen LogP contribution >= 0.6 is 11.6 Å². The molecule has 1 heterocycles. The van der Waals surface area contributed by atoms with Crippen LogP contribution in [0.2, 0.25) is 5.02 Å². The second-order valence-electron chi connectivity index (χ2n) is 5.18. The van der Waals surface area contributed by atoms with Gasteiger partial charge in [0, 0.05) is 5.54 Å². The van der Waals surface area contributed by atoms with E-state index >= 15 is 0 Å². The number of para-hydroxylation sites is 1. The Morgan fingerprint density at radius 1 is 1.38 bits per heavy atom. The summed E-state index contributed by atoms with van der Waals surface area (Å²) >= 11 is 6.28. The second kappa shape index (κ2) is 3.96. The predicted octanol–water partition coefficient (Wildman–Crippen LogP) is 4.67. The van der Waals surface area contributed by atoms with Gasteiger partial charge < -0.3 is 5.32 Å². The summed E-state index contributed by atoms with van der Waals surface area (Å²) in [4.78, 5) is 0. The van der Waals surface area contributed by atoms with Crippen molar-refractivity contribution in [1.82, 2.24) is 0 Å². The number of hydrogen-bond acceptors (Lipinski definition) is 1. The molecule has 0 spiro atoms. The Balaban J connectivity index is 2.53. The van der Waals surface area contributed by atoms with Crippen molar-refractivity contribution in [2.45, 2.75) is 45.6 Å². The number of rotatable bonds is 1. The largest absolute Gasteiger partial charge is 0.378 e. The van der Waals surface area contributed by atoms with E-state index in [-0.39, 0.29) is 5.54 Å². The van der Waals surface area contributed by atoms with Gasteiger partial charge in [0.2, 0.25) is 0 Å². The SMILES string of the molecule is CCC1(C)Nc2c(Cl)cccc2C(C)C1C. The maximum atomic E-state index is 6.28. The second-order valence-corrected chi connectivity index (χ2v) is 5.58. The van der Waals surface area contributed by atoms with Crippen molar-refractivity contribution in [2.75, 3.05) is 5.32 Å². The quantitative estimate of drug-likeness (QED) is 0.748. The third kappa shape index (κ3) is 1.62. The number of anilines is 1. The van der Waals surface area contributed by atoms with Gasteiger partial charge in [0.25, 0.3) is 0 Å². The minimum Gasteiger partial charge on any atom is -0.378 e. The van der Waals surface area contributed by atoms with Crippen LogP contribution < -0.4 is 5.32 Å². The lowest BCUT2D eigenvalue weighted by Crippen LogP contribution is -2.46. The molecule has 0 bridgehead atoms. The number of benzene rings is 1. The van der Waals surface area contributed by atoms with Crippen LogP contribution in [0.5, 0.6) is 0 Å². The highest BCUT2D eigenvalue weighted by atomic mass is 35.5. The van der Waals surface area contributed by atoms with E-state index in [1.807, 2.05) is 12.1 Å². The Bertz CT molecular complexity index is 402. The minimum atomic E-state index is 0.150. The van der Waals surface area contributed by atoms with Gasteiger partial charge in [-0.05, 0) is 36.8 Å². The fourth-order valence-electron chi connectivity index (χ4n) is 2.68. The van der Waals surface area contributed by atoms with Crippen LogP contribution in [0.15, 0.2) is 18.2 Å². The van der Waals surface area contributed by atoms with E-state index in [9.17, 15) is 0 Å². The molecule has 1 N–H and O–H groups in total. The third-order valence-corrected chi connectivity index (χ3v) is 4.75. The van der Waals surface area contributed by atoms with E-state index < -0.39 is 0 Å². The standard InChI is InChI=1S/C14H20ClN/c1-5-14(4)10(3)9(2)11-7-6-8-12(15)13(11)16-14/h6-10,16H,5H2,1-4H3. The highest BCUT2D eigenvalue weighted by molar-refractivity contribution is 6.33. The summed E-state index contributed by atoms with van der Waals surface area (Å²) < 4.78 is 0. The van der Waals surface area contributed by atoms with Gasteiger partial charge in [0.05, 0.1) is 10.7 Å². The first-order chi connectivity index (χ1) is 7.49. The Kier molecular flexibility index (Phi) is 2.91. The highest BCUT2D eigenvalue weighted by Crippen LogP contribution is 2.46. The van der Waals surface area contributed by atoms with Crippen molar-refractivity contribution in [3.8, 4) is 0 Å². The molecular weight excluding hydrogens is 218 g/mol. The smallest absolute Gasteiger partial charge is 0.0640 e. The molecule has 1 aromatic carbocycles. The Morgan fingerprint density at radius 2 is 2.06 bits per heavy atom. The molecule has 16 heavy (non-hydrogen) atoms. The first-order valence-electron chi connectivity index (χ1n) is 6.06. The van der Waals surface area contributed by atoms with Crippen LogP contribution in [0, 0.1) is 5.92 Å². The van der Waals surface area contributed by atoms with Crippen molar-refractivity contribution >= 4 is 17.3 Å². The molecule has 88 valence electrons. The highest BCUT2D eigenvalue weighted by Gasteiger charge is 2.39. The maximum Gasteiger partial charge on any atom is 0.0640 e. The van der Waals surface area contributed by atoms with E-state index in [0.29, 0.717) is 11.8 Å². The molecule has 2 rings (SSSR count). The number of hydrogen-bond donors (Lipinski definition) is 1. The van der Waals surface area contributed by atoms with Gasteiger partial charge in [0.1, 0.15) is 0 Å². The van der Waals surface area contributed by atoms with Crippen molar-refractivity contribution in [1.29, 1.82) is 0 Å². The first-order valence-corrected chi connectivity index (χ1v) is 6.44. The summed E-state index contributed by atoms with van der Waals surface area (Å²) in [6, 6.07) is 6.19. The molecule has 3 atom stereocenters. The van der Waals surface area contributed by atoms with Gasteiger partial charge in [-0.15, -0.1) is 0 Å². The van der Waals surface area contributed by atoms with Crippen molar-refractivity contribution in [3.63, 3.8) is 0 Å². The van der Waals surface area contributed by atoms with E-state index in [1.54, 1.807) is 0 Å². The minimum absolute atomic E-state index is 0.150. The van der Waals surface area contributed by atoms with Crippen molar-refractivity contribution in [3.05, 3.63) is 28.8 Å². The molecule has 2 heteroatoms. The van der Waals surface area contributed by atoms with Crippen molar-refractivity contribution < 1.29 is 0 Å². The fraction of sp³-hybridized carbons (Fsp3) is 0.571. The normalized spacial score (nSPS) is 33.1. The summed E-state index contributed by atoms with van der Waals surface area (Å²) in [6.07, 6.45) is 1.11. The summed E-state index contributed by atoms with van der Waals surface area (Å²) in [5.74, 6) is 1.17. The Hall–Kier alpha value is -0.690. The molecule has 1 nitrogen and oxygen atoms in total. The van der Waals surface area contributed by atoms with Crippen LogP contribution in [-0.2, 0) is 0 Å². The molecule has 0 aliphatic carbocycles. The molecule has 0 saturated carbocycles. The van der Waals surface area contributed by atoms with E-state index in [1.165, 1.54) is 5.56 Å². The number of fused-ring (bicyclic) bond motifs is 1. The molecule has 0 radical (unpaired) electrons. The Labute approximate surface area is 103 Å². The van der Waals surface area contributed by atoms with Crippen molar-refractivity contribution in [2.24, 2.45) is 5.92 Å². The van der Waals surface area contributed by atoms with Crippen LogP contribution in [0.1, 0.15) is 45.6 Å². The zero-order valence-electron chi connectivity index (χ0n) is 10.5. The van der Waals surface area contributed by atoms with Gasteiger partial charge in [-0.1, -0.05) is 44.5 Å². The summed E-state index contributed by atoms with van der Waals surface area (Å²) in [7, 11) is 0. The monoisotopic (exact) mass is 237 g/mol. The lowest BCUT2D eigenvalue weighted by atomic mass is 9.71. The predicted molar refractivity (Wildman–Crippen MR) is 71.3 cm³/mol. The topological polar surface area (TPSA) is 12.0 Å². The third-order valence-electron chi connectivity index (χ3n) is 4.44. The van der Waals surface area contributed by atoms with Gasteiger partial charge in [-0.25, -0.2) is 0 Å². The lowest BCUT2D eigenvalue weighted by molar-refractivity contribution is 0.284. The molecule has 3 unspecified atom stereocenters. The van der Waals surface area contributed by atoms with E-state index in [2.05, 4.69) is 39.1 Å². The van der Waals surface area contributed by atoms with Crippen LogP contribution in [0.4, 0.5) is 5.69 Å². The molecule has 0 aromatic heterocycles. The van der Waals surface area contributed by atoms with Gasteiger partial charge in [-0.2, -0.15) is 0 Å². The van der Waals surface area contributed by atoms with Gasteiger partial charge >= 0.3 is 0 Å². The molecule has 0 amide bonds. The molecule has 1 aliphatic heterocycles. The number of nitrogens with one attached hydrogen (secondary N) is 1. The van der Waals surface area contributed by atoms with Gasteiger partial charge in [-0.3, -0.25) is 0 Å². The molecule has 1 aliphatic rings. The fourth-order valence-corrected chi connectivity index (χ4v) is 2.91. The molecular formula is C14H20ClN. The zero-order valence-corrected chi connectivity index (χ0v) is 11.2. The summed E-state index contributed by atoms with van der Waals surface area (Å²) in [6.45, 7) is 9.15. The van der Waals surface area contributed by atoms with Crippen LogP contribution in [-0.4, -0.2) is 5.54 Å². The van der Waals surface area contributed by atoms with Crippen LogP contribution in [0.3, 0.4) is 0 Å². The summed E-state index contributed by atoms with van der Waals surface area (Å²) in [5, 5.41) is 4.48. The average Bonchev–Trinajstić information content (AvgIpc) is 2.28. The van der Waals surface area contributed by atoms with Crippen LogP contribution in [0.25, 0.3) is 0 Å². The zero-order chi connectivity index (χ0) is 11.9. The molecule has 0 fully saturated rings. The van der Waals surface area contributed by atoms with Gasteiger partial charge in [0.15, 0.2) is 0 Å². The maximum absolute atomic E-state index is 6.28. The average molecular weight is 238 g/mol. The van der Waals surface area contributed by atoms with E-state index in [0.717, 1.165) is 17.1 Å². The summed E-state index contributed by atoms with van der Waals surface area (Å²) in [5.41, 5.74) is 2.64. The first kappa shape index (κ1) is 11.8. The van der Waals surface area contributed by atoms with E-state index in [4.69, 9.17) is 11.6 Å². The Morgan fingerprint density at radius 3 is 2.69 bits per heavy atom.